The Morgan fingerprint density at radius 3 is 2.41 bits per heavy atom. The lowest BCUT2D eigenvalue weighted by Crippen LogP contribution is -2.60. The van der Waals surface area contributed by atoms with Crippen LogP contribution < -0.4 is 25.0 Å². The van der Waals surface area contributed by atoms with Gasteiger partial charge in [-0.1, -0.05) is 12.1 Å². The number of anilines is 2. The Morgan fingerprint density at radius 1 is 1.00 bits per heavy atom. The van der Waals surface area contributed by atoms with Crippen molar-refractivity contribution in [3.8, 4) is 28.5 Å². The summed E-state index contributed by atoms with van der Waals surface area (Å²) in [6, 6.07) is 21.2. The lowest BCUT2D eigenvalue weighted by atomic mass is 9.91. The van der Waals surface area contributed by atoms with Crippen molar-refractivity contribution in [3.63, 3.8) is 0 Å². The molecule has 0 aliphatic carbocycles. The van der Waals surface area contributed by atoms with Gasteiger partial charge >= 0.3 is 0 Å². The number of amides is 1. The molecule has 2 aliphatic rings. The van der Waals surface area contributed by atoms with Gasteiger partial charge in [-0.2, -0.15) is 0 Å². The Morgan fingerprint density at radius 2 is 1.72 bits per heavy atom. The molecule has 0 spiro atoms. The van der Waals surface area contributed by atoms with Gasteiger partial charge in [-0.15, -0.1) is 11.6 Å². The van der Waals surface area contributed by atoms with Crippen LogP contribution in [0.4, 0.5) is 11.4 Å². The fourth-order valence-corrected chi connectivity index (χ4v) is 8.38. The Labute approximate surface area is 340 Å². The molecule has 7 N–H and O–H groups in total. The summed E-state index contributed by atoms with van der Waals surface area (Å²) in [6.45, 7) is 1.86. The number of aliphatic hydroxyl groups is 4. The number of benzene rings is 4. The minimum atomic E-state index is -3.93. The molecule has 0 bridgehead atoms. The minimum absolute atomic E-state index is 0.0214. The molecule has 1 saturated heterocycles. The number of alkyl halides is 1. The number of aromatic nitrogens is 1. The second-order valence-electron chi connectivity index (χ2n) is 14.6. The summed E-state index contributed by atoms with van der Waals surface area (Å²) in [5.74, 6) is 0.811. The maximum atomic E-state index is 13.1. The van der Waals surface area contributed by atoms with Gasteiger partial charge < -0.3 is 49.9 Å². The number of aliphatic hydroxyl groups excluding tert-OH is 4. The van der Waals surface area contributed by atoms with Crippen molar-refractivity contribution in [2.75, 3.05) is 44.0 Å². The summed E-state index contributed by atoms with van der Waals surface area (Å²) in [4.78, 5) is 19.3. The molecular formula is C41H46ClN5O10S. The van der Waals surface area contributed by atoms with Crippen LogP contribution in [0.2, 0.25) is 0 Å². The first-order valence-corrected chi connectivity index (χ1v) is 20.7. The van der Waals surface area contributed by atoms with E-state index in [0.717, 1.165) is 27.9 Å². The zero-order valence-electron chi connectivity index (χ0n) is 32.0. The predicted octanol–water partition coefficient (Wildman–Crippen LogP) is 3.53. The van der Waals surface area contributed by atoms with E-state index in [0.29, 0.717) is 40.5 Å². The lowest BCUT2D eigenvalue weighted by Gasteiger charge is -2.39. The monoisotopic (exact) mass is 835 g/mol. The third-order valence-corrected chi connectivity index (χ3v) is 12.2. The van der Waals surface area contributed by atoms with Crippen LogP contribution in [0.15, 0.2) is 88.3 Å². The van der Waals surface area contributed by atoms with E-state index in [-0.39, 0.29) is 41.6 Å². The first kappa shape index (κ1) is 41.4. The second-order valence-corrected chi connectivity index (χ2v) is 17.1. The summed E-state index contributed by atoms with van der Waals surface area (Å²) < 4.78 is 46.3. The smallest absolute Gasteiger partial charge is 0.240 e. The van der Waals surface area contributed by atoms with Crippen LogP contribution in [0.3, 0.4) is 0 Å². The van der Waals surface area contributed by atoms with E-state index < -0.39 is 47.3 Å². The molecule has 308 valence electrons. The number of ether oxygens (including phenoxy) is 2. The van der Waals surface area contributed by atoms with E-state index in [1.807, 2.05) is 68.4 Å². The van der Waals surface area contributed by atoms with Gasteiger partial charge in [0.2, 0.25) is 28.1 Å². The van der Waals surface area contributed by atoms with Crippen molar-refractivity contribution in [1.29, 1.82) is 0 Å². The molecule has 1 amide bonds. The van der Waals surface area contributed by atoms with E-state index in [1.165, 1.54) is 12.1 Å². The number of hydrogen-bond acceptors (Lipinski definition) is 13. The van der Waals surface area contributed by atoms with Crippen molar-refractivity contribution >= 4 is 49.7 Å². The van der Waals surface area contributed by atoms with Gasteiger partial charge in [0.25, 0.3) is 0 Å². The van der Waals surface area contributed by atoms with Crippen LogP contribution in [0.5, 0.6) is 5.75 Å². The highest BCUT2D eigenvalue weighted by Crippen LogP contribution is 2.45. The maximum absolute atomic E-state index is 13.1. The minimum Gasteiger partial charge on any atom is -0.461 e. The number of fused-ring (bicyclic) bond motifs is 3. The molecule has 17 heteroatoms. The van der Waals surface area contributed by atoms with Gasteiger partial charge in [-0.3, -0.25) is 4.79 Å². The van der Waals surface area contributed by atoms with E-state index in [9.17, 15) is 33.6 Å². The highest BCUT2D eigenvalue weighted by atomic mass is 35.5. The Balaban J connectivity index is 0.980. The van der Waals surface area contributed by atoms with Crippen LogP contribution >= 0.6 is 11.6 Å². The van der Waals surface area contributed by atoms with E-state index in [4.69, 9.17) is 25.5 Å². The number of rotatable bonds is 14. The lowest BCUT2D eigenvalue weighted by molar-refractivity contribution is -0.277. The molecular weight excluding hydrogens is 790 g/mol. The highest BCUT2D eigenvalue weighted by Gasteiger charge is 2.45. The van der Waals surface area contributed by atoms with Gasteiger partial charge in [0.05, 0.1) is 17.7 Å². The zero-order valence-corrected chi connectivity index (χ0v) is 33.6. The SMILES string of the molecule is C[C@@H](Cl)[C@@H]1CNc2cc(O[C@@H]3OC(CO)[C@H](O)C(O)C3O)c3cc(CNC(=O)CCNS(=O)(=O)c4ccc(-c5ncc(-c6ccc(N(C)C)cc6)o5)cc4)ccc3c21. The van der Waals surface area contributed by atoms with Crippen LogP contribution in [0, 0.1) is 0 Å². The molecule has 2 aliphatic heterocycles. The van der Waals surface area contributed by atoms with Crippen molar-refractivity contribution in [3.05, 3.63) is 90.1 Å². The molecule has 1 aromatic heterocycles. The van der Waals surface area contributed by atoms with Gasteiger partial charge in [-0.05, 0) is 78.0 Å². The number of carbonyl (C=O) groups excluding carboxylic acids is 1. The fourth-order valence-electron chi connectivity index (χ4n) is 7.13. The number of oxazole rings is 1. The third kappa shape index (κ3) is 8.65. The molecule has 15 nitrogen and oxygen atoms in total. The van der Waals surface area contributed by atoms with Gasteiger partial charge in [0.15, 0.2) is 5.76 Å². The Kier molecular flexibility index (Phi) is 12.3. The quantitative estimate of drug-likeness (QED) is 0.0799. The molecule has 58 heavy (non-hydrogen) atoms. The van der Waals surface area contributed by atoms with E-state index >= 15 is 0 Å². The summed E-state index contributed by atoms with van der Waals surface area (Å²) in [5, 5.41) is 48.4. The molecule has 1 fully saturated rings. The molecule has 4 aromatic carbocycles. The first-order chi connectivity index (χ1) is 27.7. The number of carbonyl (C=O) groups is 1. The number of nitrogens with one attached hydrogen (secondary N) is 3. The molecule has 7 atom stereocenters. The molecule has 5 aromatic rings. The number of nitrogens with zero attached hydrogens (tertiary/aromatic N) is 2. The maximum Gasteiger partial charge on any atom is 0.240 e. The largest absolute Gasteiger partial charge is 0.461 e. The zero-order chi connectivity index (χ0) is 41.3. The van der Waals surface area contributed by atoms with Crippen molar-refractivity contribution in [2.45, 2.75) is 66.8 Å². The normalized spacial score (nSPS) is 22.3. The van der Waals surface area contributed by atoms with Crippen molar-refractivity contribution < 1.29 is 47.5 Å². The molecule has 0 radical (unpaired) electrons. The van der Waals surface area contributed by atoms with Crippen LogP contribution in [-0.4, -0.2) is 110 Å². The fraction of sp³-hybridized carbons (Fsp3) is 0.366. The van der Waals surface area contributed by atoms with Crippen LogP contribution in [-0.2, 0) is 26.1 Å². The van der Waals surface area contributed by atoms with E-state index in [1.54, 1.807) is 24.4 Å². The van der Waals surface area contributed by atoms with Gasteiger partial charge in [0.1, 0.15) is 30.2 Å². The molecule has 3 unspecified atom stereocenters. The summed E-state index contributed by atoms with van der Waals surface area (Å²) in [6.07, 6.45) is -5.85. The van der Waals surface area contributed by atoms with Crippen LogP contribution in [0.1, 0.15) is 30.4 Å². The molecule has 0 saturated carbocycles. The summed E-state index contributed by atoms with van der Waals surface area (Å²) >= 11 is 6.57. The third-order valence-electron chi connectivity index (χ3n) is 10.5. The van der Waals surface area contributed by atoms with Gasteiger partial charge in [0, 0.05) is 85.4 Å². The Bertz CT molecular complexity index is 2360. The topological polar surface area (TPSA) is 216 Å². The van der Waals surface area contributed by atoms with Crippen molar-refractivity contribution in [1.82, 2.24) is 15.0 Å². The molecule has 7 rings (SSSR count). The molecule has 3 heterocycles. The van der Waals surface area contributed by atoms with Gasteiger partial charge in [-0.25, -0.2) is 18.1 Å². The standard InChI is InChI=1S/C41H46ClN5O10S/c1-22(42)30-19-43-31-17-32(56-41-39(52)38(51)37(50)34(21-48)57-41)29-16-23(4-13-28(29)36(30)31)18-44-35(49)14-15-46-58(53,54)27-11-7-25(8-12-27)40-45-20-33(55-40)24-5-9-26(10-6-24)47(2)3/h4-13,16-17,20,22,30,34,37-39,41,43,46,48,50-52H,14-15,18-19,21H2,1-3H3,(H,44,49)/t22-,30+,34?,37+,38?,39?,41-/m1/s1. The highest BCUT2D eigenvalue weighted by molar-refractivity contribution is 7.89. The predicted molar refractivity (Wildman–Crippen MR) is 218 cm³/mol. The average molecular weight is 836 g/mol. The number of halogens is 1. The van der Waals surface area contributed by atoms with Crippen LogP contribution in [0.25, 0.3) is 33.6 Å². The number of hydrogen-bond donors (Lipinski definition) is 7. The Hall–Kier alpha value is -4.78. The summed E-state index contributed by atoms with van der Waals surface area (Å²) in [7, 11) is -0.00706. The second kappa shape index (κ2) is 17.2. The summed E-state index contributed by atoms with van der Waals surface area (Å²) in [5.41, 5.74) is 4.96. The number of sulfonamides is 1. The van der Waals surface area contributed by atoms with E-state index in [2.05, 4.69) is 20.3 Å². The average Bonchev–Trinajstić information content (AvgIpc) is 3.89. The van der Waals surface area contributed by atoms with Crippen molar-refractivity contribution in [2.24, 2.45) is 0 Å². The first-order valence-electron chi connectivity index (χ1n) is 18.8.